The zero-order chi connectivity index (χ0) is 12.1. The van der Waals surface area contributed by atoms with Crippen molar-refractivity contribution < 1.29 is 4.79 Å². The highest BCUT2D eigenvalue weighted by Gasteiger charge is 2.27. The van der Waals surface area contributed by atoms with Gasteiger partial charge < -0.3 is 10.6 Å². The molecule has 3 nitrogen and oxygen atoms in total. The first-order valence-corrected chi connectivity index (χ1v) is 7.99. The average molecular weight is 256 g/mol. The molecule has 0 aromatic heterocycles. The lowest BCUT2D eigenvalue weighted by molar-refractivity contribution is -0.127. The van der Waals surface area contributed by atoms with E-state index in [1.165, 1.54) is 24.3 Å². The SMILES string of the molecule is CC1CNCCC1C(=O)NCC1CCSCC1. The fourth-order valence-corrected chi connectivity index (χ4v) is 3.93. The fourth-order valence-electron chi connectivity index (χ4n) is 2.73. The molecule has 98 valence electrons. The molecule has 2 heterocycles. The van der Waals surface area contributed by atoms with E-state index in [0.717, 1.165) is 32.0 Å². The minimum absolute atomic E-state index is 0.231. The first-order chi connectivity index (χ1) is 8.27. The number of carbonyl (C=O) groups is 1. The molecule has 1 amide bonds. The second-order valence-electron chi connectivity index (χ2n) is 5.38. The van der Waals surface area contributed by atoms with E-state index in [0.29, 0.717) is 5.92 Å². The van der Waals surface area contributed by atoms with Crippen LogP contribution in [0.4, 0.5) is 0 Å². The number of hydrogen-bond donors (Lipinski definition) is 2. The monoisotopic (exact) mass is 256 g/mol. The van der Waals surface area contributed by atoms with Crippen molar-refractivity contribution in [3.8, 4) is 0 Å². The van der Waals surface area contributed by atoms with E-state index < -0.39 is 0 Å². The summed E-state index contributed by atoms with van der Waals surface area (Å²) in [7, 11) is 0. The van der Waals surface area contributed by atoms with Gasteiger partial charge in [0.2, 0.25) is 5.91 Å². The molecule has 0 spiro atoms. The molecule has 17 heavy (non-hydrogen) atoms. The predicted molar refractivity (Wildman–Crippen MR) is 73.2 cm³/mol. The lowest BCUT2D eigenvalue weighted by Crippen LogP contribution is -2.44. The van der Waals surface area contributed by atoms with Gasteiger partial charge in [-0.15, -0.1) is 0 Å². The van der Waals surface area contributed by atoms with E-state index in [4.69, 9.17) is 0 Å². The molecule has 2 atom stereocenters. The summed E-state index contributed by atoms with van der Waals surface area (Å²) in [6, 6.07) is 0. The lowest BCUT2D eigenvalue weighted by atomic mass is 9.87. The summed E-state index contributed by atoms with van der Waals surface area (Å²) in [6.45, 7) is 5.05. The van der Waals surface area contributed by atoms with Gasteiger partial charge in [0.05, 0.1) is 0 Å². The van der Waals surface area contributed by atoms with Crippen molar-refractivity contribution in [3.05, 3.63) is 0 Å². The maximum atomic E-state index is 12.1. The maximum absolute atomic E-state index is 12.1. The van der Waals surface area contributed by atoms with Crippen LogP contribution >= 0.6 is 11.8 Å². The van der Waals surface area contributed by atoms with Crippen molar-refractivity contribution in [1.29, 1.82) is 0 Å². The molecule has 2 aliphatic rings. The maximum Gasteiger partial charge on any atom is 0.223 e. The van der Waals surface area contributed by atoms with Crippen LogP contribution in [0.3, 0.4) is 0 Å². The largest absolute Gasteiger partial charge is 0.356 e. The Balaban J connectivity index is 1.72. The van der Waals surface area contributed by atoms with E-state index >= 15 is 0 Å². The zero-order valence-electron chi connectivity index (χ0n) is 10.7. The first kappa shape index (κ1) is 13.2. The molecule has 2 unspecified atom stereocenters. The molecule has 0 aliphatic carbocycles. The van der Waals surface area contributed by atoms with Crippen molar-refractivity contribution in [3.63, 3.8) is 0 Å². The van der Waals surface area contributed by atoms with Crippen LogP contribution in [0, 0.1) is 17.8 Å². The van der Waals surface area contributed by atoms with E-state index in [9.17, 15) is 4.79 Å². The van der Waals surface area contributed by atoms with Gasteiger partial charge in [-0.2, -0.15) is 11.8 Å². The van der Waals surface area contributed by atoms with Crippen LogP contribution in [0.15, 0.2) is 0 Å². The Morgan fingerprint density at radius 1 is 1.35 bits per heavy atom. The van der Waals surface area contributed by atoms with Crippen molar-refractivity contribution in [2.45, 2.75) is 26.2 Å². The van der Waals surface area contributed by atoms with E-state index in [2.05, 4.69) is 17.6 Å². The van der Waals surface area contributed by atoms with Gasteiger partial charge in [0.1, 0.15) is 0 Å². The molecule has 0 saturated carbocycles. The quantitative estimate of drug-likeness (QED) is 0.804. The summed E-state index contributed by atoms with van der Waals surface area (Å²) in [4.78, 5) is 12.1. The highest BCUT2D eigenvalue weighted by Crippen LogP contribution is 2.23. The van der Waals surface area contributed by atoms with E-state index in [-0.39, 0.29) is 11.8 Å². The van der Waals surface area contributed by atoms with Crippen LogP contribution in [-0.4, -0.2) is 37.0 Å². The van der Waals surface area contributed by atoms with Crippen LogP contribution < -0.4 is 10.6 Å². The standard InChI is InChI=1S/C13H24N2OS/c1-10-8-14-5-2-12(10)13(16)15-9-11-3-6-17-7-4-11/h10-12,14H,2-9H2,1H3,(H,15,16). The Labute approximate surface area is 108 Å². The van der Waals surface area contributed by atoms with Gasteiger partial charge in [0.25, 0.3) is 0 Å². The van der Waals surface area contributed by atoms with Crippen LogP contribution in [0.25, 0.3) is 0 Å². The second-order valence-corrected chi connectivity index (χ2v) is 6.60. The smallest absolute Gasteiger partial charge is 0.223 e. The van der Waals surface area contributed by atoms with Gasteiger partial charge in [-0.1, -0.05) is 6.92 Å². The van der Waals surface area contributed by atoms with Crippen LogP contribution in [0.2, 0.25) is 0 Å². The van der Waals surface area contributed by atoms with Gasteiger partial charge in [0, 0.05) is 12.5 Å². The van der Waals surface area contributed by atoms with Gasteiger partial charge in [-0.3, -0.25) is 4.79 Å². The van der Waals surface area contributed by atoms with Gasteiger partial charge >= 0.3 is 0 Å². The van der Waals surface area contributed by atoms with Crippen molar-refractivity contribution in [2.24, 2.45) is 17.8 Å². The summed E-state index contributed by atoms with van der Waals surface area (Å²) >= 11 is 2.04. The molecule has 2 N–H and O–H groups in total. The first-order valence-electron chi connectivity index (χ1n) is 6.83. The Bertz CT molecular complexity index is 254. The number of nitrogens with one attached hydrogen (secondary N) is 2. The molecule has 0 aromatic rings. The molecule has 0 bridgehead atoms. The second kappa shape index (κ2) is 6.64. The molecular formula is C13H24N2OS. The van der Waals surface area contributed by atoms with Crippen LogP contribution in [0.5, 0.6) is 0 Å². The average Bonchev–Trinajstić information content (AvgIpc) is 2.38. The lowest BCUT2D eigenvalue weighted by Gasteiger charge is -2.29. The number of piperidine rings is 1. The molecular weight excluding hydrogens is 232 g/mol. The van der Waals surface area contributed by atoms with Crippen molar-refractivity contribution >= 4 is 17.7 Å². The summed E-state index contributed by atoms with van der Waals surface area (Å²) in [5, 5.41) is 6.52. The topological polar surface area (TPSA) is 41.1 Å². The zero-order valence-corrected chi connectivity index (χ0v) is 11.5. The van der Waals surface area contributed by atoms with Crippen LogP contribution in [-0.2, 0) is 4.79 Å². The number of amides is 1. The summed E-state index contributed by atoms with van der Waals surface area (Å²) in [6.07, 6.45) is 3.53. The summed E-state index contributed by atoms with van der Waals surface area (Å²) < 4.78 is 0. The Morgan fingerprint density at radius 2 is 2.12 bits per heavy atom. The normalized spacial score (nSPS) is 31.1. The number of carbonyl (C=O) groups excluding carboxylic acids is 1. The third-order valence-corrected chi connectivity index (χ3v) is 5.08. The van der Waals surface area contributed by atoms with Gasteiger partial charge in [-0.25, -0.2) is 0 Å². The predicted octanol–water partition coefficient (Wildman–Crippen LogP) is 1.49. The highest BCUT2D eigenvalue weighted by atomic mass is 32.2. The minimum atomic E-state index is 0.231. The van der Waals surface area contributed by atoms with Gasteiger partial charge in [-0.05, 0) is 55.7 Å². The molecule has 4 heteroatoms. The minimum Gasteiger partial charge on any atom is -0.356 e. The summed E-state index contributed by atoms with van der Waals surface area (Å²) in [5.74, 6) is 4.25. The van der Waals surface area contributed by atoms with Crippen LogP contribution in [0.1, 0.15) is 26.2 Å². The molecule has 2 aliphatic heterocycles. The van der Waals surface area contributed by atoms with Crippen molar-refractivity contribution in [1.82, 2.24) is 10.6 Å². The number of hydrogen-bond acceptors (Lipinski definition) is 3. The Kier molecular flexibility index (Phi) is 5.16. The van der Waals surface area contributed by atoms with E-state index in [1.54, 1.807) is 0 Å². The molecule has 0 radical (unpaired) electrons. The molecule has 0 aromatic carbocycles. The van der Waals surface area contributed by atoms with Crippen molar-refractivity contribution in [2.75, 3.05) is 31.1 Å². The fraction of sp³-hybridized carbons (Fsp3) is 0.923. The number of rotatable bonds is 3. The highest BCUT2D eigenvalue weighted by molar-refractivity contribution is 7.99. The molecule has 2 saturated heterocycles. The molecule has 2 fully saturated rings. The molecule has 2 rings (SSSR count). The van der Waals surface area contributed by atoms with Gasteiger partial charge in [0.15, 0.2) is 0 Å². The van der Waals surface area contributed by atoms with E-state index in [1.807, 2.05) is 11.8 Å². The Hall–Kier alpha value is -0.220. The number of thioether (sulfide) groups is 1. The summed E-state index contributed by atoms with van der Waals surface area (Å²) in [5.41, 5.74) is 0. The third-order valence-electron chi connectivity index (χ3n) is 4.03. The third kappa shape index (κ3) is 3.88. The Morgan fingerprint density at radius 3 is 2.82 bits per heavy atom.